The average Bonchev–Trinajstić information content (AvgIpc) is 2.86. The van der Waals surface area contributed by atoms with Crippen LogP contribution in [0.2, 0.25) is 5.02 Å². The minimum atomic E-state index is -0.617. The molecule has 2 nitrogen and oxygen atoms in total. The molecule has 0 aromatic heterocycles. The minimum Gasteiger partial charge on any atom is -0.492 e. The molecule has 0 atom stereocenters. The van der Waals surface area contributed by atoms with E-state index in [0.29, 0.717) is 17.9 Å². The van der Waals surface area contributed by atoms with Gasteiger partial charge in [0.15, 0.2) is 0 Å². The van der Waals surface area contributed by atoms with Crippen LogP contribution in [0.1, 0.15) is 21.5 Å². The molecule has 3 rings (SSSR count). The normalized spacial score (nSPS) is 12.9. The first-order valence-electron chi connectivity index (χ1n) is 5.92. The van der Waals surface area contributed by atoms with Gasteiger partial charge in [-0.3, -0.25) is 4.79 Å². The lowest BCUT2D eigenvalue weighted by Gasteiger charge is -2.09. The highest BCUT2D eigenvalue weighted by molar-refractivity contribution is 6.35. The lowest BCUT2D eigenvalue weighted by Crippen LogP contribution is -2.07. The van der Waals surface area contributed by atoms with Crippen molar-refractivity contribution in [2.45, 2.75) is 6.42 Å². The van der Waals surface area contributed by atoms with Crippen LogP contribution in [0.5, 0.6) is 5.75 Å². The van der Waals surface area contributed by atoms with Gasteiger partial charge in [-0.1, -0.05) is 29.8 Å². The second-order valence-electron chi connectivity index (χ2n) is 4.32. The van der Waals surface area contributed by atoms with Gasteiger partial charge < -0.3 is 4.74 Å². The molecule has 0 aliphatic carbocycles. The Kier molecular flexibility index (Phi) is 2.99. The smallest absolute Gasteiger partial charge is 0.201 e. The third-order valence-corrected chi connectivity index (χ3v) is 3.46. The van der Waals surface area contributed by atoms with Gasteiger partial charge in [0.2, 0.25) is 5.78 Å². The van der Waals surface area contributed by atoms with Crippen molar-refractivity contribution in [2.75, 3.05) is 6.61 Å². The van der Waals surface area contributed by atoms with Crippen molar-refractivity contribution in [3.8, 4) is 5.75 Å². The molecule has 1 aliphatic heterocycles. The predicted octanol–water partition coefficient (Wildman–Crippen LogP) is 3.65. The summed E-state index contributed by atoms with van der Waals surface area (Å²) in [5.74, 6) is -0.512. The molecule has 0 spiro atoms. The molecule has 0 bridgehead atoms. The Bertz CT molecular complexity index is 647. The largest absolute Gasteiger partial charge is 0.492 e. The van der Waals surface area contributed by atoms with Gasteiger partial charge >= 0.3 is 0 Å². The summed E-state index contributed by atoms with van der Waals surface area (Å²) in [6, 6.07) is 9.51. The number of carbonyl (C=O) groups is 1. The summed E-state index contributed by atoms with van der Waals surface area (Å²) in [6.45, 7) is 0.546. The van der Waals surface area contributed by atoms with Gasteiger partial charge in [0.05, 0.1) is 22.8 Å². The molecule has 0 N–H and O–H groups in total. The van der Waals surface area contributed by atoms with Gasteiger partial charge in [0, 0.05) is 6.42 Å². The van der Waals surface area contributed by atoms with Gasteiger partial charge in [-0.2, -0.15) is 0 Å². The minimum absolute atomic E-state index is 0.104. The molecule has 96 valence electrons. The van der Waals surface area contributed by atoms with Gasteiger partial charge in [0.25, 0.3) is 0 Å². The van der Waals surface area contributed by atoms with Crippen LogP contribution in [0.3, 0.4) is 0 Å². The van der Waals surface area contributed by atoms with Crippen molar-refractivity contribution in [2.24, 2.45) is 0 Å². The number of benzene rings is 2. The summed E-state index contributed by atoms with van der Waals surface area (Å²) >= 11 is 5.92. The number of rotatable bonds is 2. The van der Waals surface area contributed by atoms with Gasteiger partial charge in [-0.05, 0) is 23.8 Å². The Balaban J connectivity index is 2.13. The highest BCUT2D eigenvalue weighted by atomic mass is 35.5. The van der Waals surface area contributed by atoms with Crippen LogP contribution in [-0.4, -0.2) is 12.4 Å². The van der Waals surface area contributed by atoms with Crippen molar-refractivity contribution >= 4 is 17.4 Å². The van der Waals surface area contributed by atoms with Crippen molar-refractivity contribution in [3.63, 3.8) is 0 Å². The molecule has 0 radical (unpaired) electrons. The van der Waals surface area contributed by atoms with Gasteiger partial charge in [0.1, 0.15) is 11.6 Å². The monoisotopic (exact) mass is 276 g/mol. The number of para-hydroxylation sites is 1. The SMILES string of the molecule is O=C(c1cccc2c1OCC2)c1c(F)cccc1Cl. The van der Waals surface area contributed by atoms with Crippen LogP contribution < -0.4 is 4.74 Å². The van der Waals surface area contributed by atoms with E-state index in [-0.39, 0.29) is 10.6 Å². The second-order valence-corrected chi connectivity index (χ2v) is 4.73. The first-order valence-corrected chi connectivity index (χ1v) is 6.29. The first kappa shape index (κ1) is 12.2. The van der Waals surface area contributed by atoms with Crippen molar-refractivity contribution in [1.82, 2.24) is 0 Å². The summed E-state index contributed by atoms with van der Waals surface area (Å²) in [7, 11) is 0. The Morgan fingerprint density at radius 2 is 2.00 bits per heavy atom. The molecular formula is C15H10ClFO2. The van der Waals surface area contributed by atoms with Crippen LogP contribution in [0.25, 0.3) is 0 Å². The highest BCUT2D eigenvalue weighted by Crippen LogP contribution is 2.32. The molecule has 2 aromatic rings. The Hall–Kier alpha value is -1.87. The van der Waals surface area contributed by atoms with E-state index in [9.17, 15) is 9.18 Å². The molecule has 0 saturated carbocycles. The van der Waals surface area contributed by atoms with Gasteiger partial charge in [-0.15, -0.1) is 0 Å². The standard InChI is InChI=1S/C15H10ClFO2/c16-11-5-2-6-12(17)13(11)14(18)10-4-1-3-9-7-8-19-15(9)10/h1-6H,7-8H2. The molecule has 0 fully saturated rings. The number of carbonyl (C=O) groups excluding carboxylic acids is 1. The number of ketones is 1. The fourth-order valence-electron chi connectivity index (χ4n) is 2.24. The molecular weight excluding hydrogens is 267 g/mol. The van der Waals surface area contributed by atoms with Crippen LogP contribution in [0.4, 0.5) is 4.39 Å². The average molecular weight is 277 g/mol. The topological polar surface area (TPSA) is 26.3 Å². The summed E-state index contributed by atoms with van der Waals surface area (Å²) in [6.07, 6.45) is 0.765. The lowest BCUT2D eigenvalue weighted by molar-refractivity contribution is 0.103. The maximum Gasteiger partial charge on any atom is 0.201 e. The maximum atomic E-state index is 13.8. The van der Waals surface area contributed by atoms with E-state index in [2.05, 4.69) is 0 Å². The van der Waals surface area contributed by atoms with Crippen molar-refractivity contribution < 1.29 is 13.9 Å². The molecule has 1 aliphatic rings. The van der Waals surface area contributed by atoms with E-state index in [0.717, 1.165) is 12.0 Å². The van der Waals surface area contributed by atoms with Crippen LogP contribution in [0, 0.1) is 5.82 Å². The van der Waals surface area contributed by atoms with Crippen molar-refractivity contribution in [1.29, 1.82) is 0 Å². The van der Waals surface area contributed by atoms with Crippen molar-refractivity contribution in [3.05, 3.63) is 63.9 Å². The number of fused-ring (bicyclic) bond motifs is 1. The zero-order valence-corrected chi connectivity index (χ0v) is 10.7. The maximum absolute atomic E-state index is 13.8. The summed E-state index contributed by atoms with van der Waals surface area (Å²) in [4.78, 5) is 12.4. The Morgan fingerprint density at radius 1 is 1.21 bits per heavy atom. The molecule has 0 unspecified atom stereocenters. The van der Waals surface area contributed by atoms with E-state index in [1.165, 1.54) is 18.2 Å². The predicted molar refractivity (Wildman–Crippen MR) is 70.5 cm³/mol. The van der Waals surface area contributed by atoms with Crippen LogP contribution >= 0.6 is 11.6 Å². The first-order chi connectivity index (χ1) is 9.18. The lowest BCUT2D eigenvalue weighted by atomic mass is 9.99. The zero-order chi connectivity index (χ0) is 13.4. The summed E-state index contributed by atoms with van der Waals surface area (Å²) in [5, 5.41) is 0.112. The number of ether oxygens (including phenoxy) is 1. The Morgan fingerprint density at radius 3 is 2.79 bits per heavy atom. The third kappa shape index (κ3) is 2.00. The third-order valence-electron chi connectivity index (χ3n) is 3.15. The summed E-state index contributed by atoms with van der Waals surface area (Å²) in [5.41, 5.74) is 1.23. The molecule has 1 heterocycles. The van der Waals surface area contributed by atoms with Crippen LogP contribution in [0.15, 0.2) is 36.4 Å². The fourth-order valence-corrected chi connectivity index (χ4v) is 2.49. The highest BCUT2D eigenvalue weighted by Gasteiger charge is 2.24. The zero-order valence-electron chi connectivity index (χ0n) is 9.95. The van der Waals surface area contributed by atoms with E-state index in [4.69, 9.17) is 16.3 Å². The van der Waals surface area contributed by atoms with E-state index in [1.54, 1.807) is 12.1 Å². The quantitative estimate of drug-likeness (QED) is 0.783. The van der Waals surface area contributed by atoms with E-state index in [1.807, 2.05) is 6.07 Å². The molecule has 19 heavy (non-hydrogen) atoms. The second kappa shape index (κ2) is 4.67. The molecule has 4 heteroatoms. The van der Waals surface area contributed by atoms with Gasteiger partial charge in [-0.25, -0.2) is 4.39 Å². The van der Waals surface area contributed by atoms with Crippen LogP contribution in [-0.2, 0) is 6.42 Å². The molecule has 2 aromatic carbocycles. The number of halogens is 2. The Labute approximate surface area is 114 Å². The van der Waals surface area contributed by atoms with E-state index < -0.39 is 11.6 Å². The number of hydrogen-bond donors (Lipinski definition) is 0. The van der Waals surface area contributed by atoms with E-state index >= 15 is 0 Å². The summed E-state index contributed by atoms with van der Waals surface area (Å²) < 4.78 is 19.3. The fraction of sp³-hybridized carbons (Fsp3) is 0.133. The number of hydrogen-bond acceptors (Lipinski definition) is 2. The molecule has 0 saturated heterocycles. The molecule has 0 amide bonds.